The number of nitrogens with one attached hydrogen (secondary N) is 2. The molecule has 2 rings (SSSR count). The van der Waals surface area contributed by atoms with Gasteiger partial charge in [-0.3, -0.25) is 4.79 Å². The Labute approximate surface area is 166 Å². The lowest BCUT2D eigenvalue weighted by molar-refractivity contribution is -0.119. The summed E-state index contributed by atoms with van der Waals surface area (Å²) < 4.78 is 11.0. The van der Waals surface area contributed by atoms with Gasteiger partial charge in [-0.25, -0.2) is 0 Å². The minimum atomic E-state index is -0.0998. The van der Waals surface area contributed by atoms with Crippen LogP contribution in [0.2, 0.25) is 0 Å². The summed E-state index contributed by atoms with van der Waals surface area (Å²) in [6, 6.07) is 15.6. The number of hydrogen-bond donors (Lipinski definition) is 2. The lowest BCUT2D eigenvalue weighted by atomic mass is 10.1. The number of aryl methyl sites for hydroxylation is 1. The van der Waals surface area contributed by atoms with Crippen molar-refractivity contribution in [2.45, 2.75) is 32.7 Å². The quantitative estimate of drug-likeness (QED) is 0.645. The van der Waals surface area contributed by atoms with E-state index < -0.39 is 0 Å². The van der Waals surface area contributed by atoms with Gasteiger partial charge in [-0.1, -0.05) is 43.3 Å². The van der Waals surface area contributed by atoms with Crippen LogP contribution in [-0.4, -0.2) is 24.7 Å². The first-order valence-corrected chi connectivity index (χ1v) is 9.44. The first-order chi connectivity index (χ1) is 13.1. The first-order valence-electron chi connectivity index (χ1n) is 9.03. The van der Waals surface area contributed by atoms with E-state index in [2.05, 4.69) is 17.6 Å². The van der Waals surface area contributed by atoms with E-state index in [-0.39, 0.29) is 5.91 Å². The molecule has 0 saturated carbocycles. The van der Waals surface area contributed by atoms with E-state index in [9.17, 15) is 4.79 Å². The molecule has 0 aliphatic carbocycles. The molecular weight excluding hydrogens is 360 g/mol. The molecule has 2 N–H and O–H groups in total. The van der Waals surface area contributed by atoms with Crippen molar-refractivity contribution in [3.05, 3.63) is 59.7 Å². The number of thiocarbonyl (C=S) groups is 1. The third kappa shape index (κ3) is 7.27. The Hall–Kier alpha value is -2.60. The third-order valence-electron chi connectivity index (χ3n) is 3.88. The van der Waals surface area contributed by atoms with Gasteiger partial charge in [0.2, 0.25) is 5.91 Å². The SMILES string of the molecule is CCCOc1ccc(CNC(=S)NC(=O)CCc2ccccc2)cc1OC. The van der Waals surface area contributed by atoms with E-state index in [1.807, 2.05) is 48.5 Å². The third-order valence-corrected chi connectivity index (χ3v) is 4.13. The summed E-state index contributed by atoms with van der Waals surface area (Å²) in [4.78, 5) is 12.0. The largest absolute Gasteiger partial charge is 0.493 e. The molecule has 6 heteroatoms. The Balaban J connectivity index is 1.78. The maximum atomic E-state index is 12.0. The van der Waals surface area contributed by atoms with E-state index in [4.69, 9.17) is 21.7 Å². The molecule has 0 aliphatic rings. The summed E-state index contributed by atoms with van der Waals surface area (Å²) >= 11 is 5.21. The zero-order chi connectivity index (χ0) is 19.5. The number of ether oxygens (including phenoxy) is 2. The minimum absolute atomic E-state index is 0.0998. The number of amides is 1. The second-order valence-electron chi connectivity index (χ2n) is 6.05. The highest BCUT2D eigenvalue weighted by Crippen LogP contribution is 2.28. The molecule has 2 aromatic rings. The van der Waals surface area contributed by atoms with Gasteiger partial charge < -0.3 is 20.1 Å². The van der Waals surface area contributed by atoms with Crippen LogP contribution >= 0.6 is 12.2 Å². The number of rotatable bonds is 9. The van der Waals surface area contributed by atoms with Crippen LogP contribution in [0.3, 0.4) is 0 Å². The Morgan fingerprint density at radius 1 is 1.07 bits per heavy atom. The molecule has 0 unspecified atom stereocenters. The molecule has 2 aromatic carbocycles. The fourth-order valence-electron chi connectivity index (χ4n) is 2.47. The molecule has 144 valence electrons. The molecule has 0 atom stereocenters. The topological polar surface area (TPSA) is 59.6 Å². The molecule has 0 saturated heterocycles. The molecule has 0 aliphatic heterocycles. The number of carbonyl (C=O) groups is 1. The van der Waals surface area contributed by atoms with Crippen molar-refractivity contribution in [3.8, 4) is 11.5 Å². The predicted octanol–water partition coefficient (Wildman–Crippen LogP) is 3.61. The van der Waals surface area contributed by atoms with Gasteiger partial charge in [-0.15, -0.1) is 0 Å². The second kappa shape index (κ2) is 11.2. The van der Waals surface area contributed by atoms with Crippen LogP contribution in [0, 0.1) is 0 Å². The van der Waals surface area contributed by atoms with E-state index in [0.29, 0.717) is 36.9 Å². The van der Waals surface area contributed by atoms with Gasteiger partial charge in [0.25, 0.3) is 0 Å². The minimum Gasteiger partial charge on any atom is -0.493 e. The van der Waals surface area contributed by atoms with Crippen LogP contribution in [0.4, 0.5) is 0 Å². The smallest absolute Gasteiger partial charge is 0.226 e. The first kappa shape index (κ1) is 20.7. The summed E-state index contributed by atoms with van der Waals surface area (Å²) in [5.74, 6) is 1.30. The van der Waals surface area contributed by atoms with Crippen LogP contribution < -0.4 is 20.1 Å². The van der Waals surface area contributed by atoms with Gasteiger partial charge in [0.15, 0.2) is 16.6 Å². The average molecular weight is 387 g/mol. The second-order valence-corrected chi connectivity index (χ2v) is 6.46. The number of benzene rings is 2. The van der Waals surface area contributed by atoms with Crippen LogP contribution in [0.25, 0.3) is 0 Å². The lowest BCUT2D eigenvalue weighted by Crippen LogP contribution is -2.38. The summed E-state index contributed by atoms with van der Waals surface area (Å²) in [6.45, 7) is 3.19. The van der Waals surface area contributed by atoms with E-state index in [0.717, 1.165) is 23.3 Å². The van der Waals surface area contributed by atoms with Crippen molar-refractivity contribution < 1.29 is 14.3 Å². The Morgan fingerprint density at radius 2 is 1.85 bits per heavy atom. The average Bonchev–Trinajstić information content (AvgIpc) is 2.70. The van der Waals surface area contributed by atoms with Gasteiger partial charge in [-0.05, 0) is 48.3 Å². The maximum Gasteiger partial charge on any atom is 0.226 e. The molecule has 1 amide bonds. The number of carbonyl (C=O) groups excluding carboxylic acids is 1. The van der Waals surface area contributed by atoms with Crippen LogP contribution in [-0.2, 0) is 17.8 Å². The van der Waals surface area contributed by atoms with Crippen molar-refractivity contribution >= 4 is 23.2 Å². The normalized spacial score (nSPS) is 10.1. The molecular formula is C21H26N2O3S. The van der Waals surface area contributed by atoms with Crippen LogP contribution in [0.15, 0.2) is 48.5 Å². The van der Waals surface area contributed by atoms with Crippen LogP contribution in [0.1, 0.15) is 30.9 Å². The summed E-state index contributed by atoms with van der Waals surface area (Å²) in [5.41, 5.74) is 2.11. The van der Waals surface area contributed by atoms with Gasteiger partial charge in [0.05, 0.1) is 13.7 Å². The highest BCUT2D eigenvalue weighted by Gasteiger charge is 2.08. The fraction of sp³-hybridized carbons (Fsp3) is 0.333. The van der Waals surface area contributed by atoms with E-state index >= 15 is 0 Å². The molecule has 0 fully saturated rings. The standard InChI is InChI=1S/C21H26N2O3S/c1-3-13-26-18-11-9-17(14-19(18)25-2)15-22-21(27)23-20(24)12-10-16-7-5-4-6-8-16/h4-9,11,14H,3,10,12-13,15H2,1-2H3,(H2,22,23,24,27). The van der Waals surface area contributed by atoms with Crippen molar-refractivity contribution in [2.24, 2.45) is 0 Å². The monoisotopic (exact) mass is 386 g/mol. The molecule has 0 bridgehead atoms. The van der Waals surface area contributed by atoms with Gasteiger partial charge in [0, 0.05) is 13.0 Å². The molecule has 0 spiro atoms. The Morgan fingerprint density at radius 3 is 2.56 bits per heavy atom. The van der Waals surface area contributed by atoms with Gasteiger partial charge >= 0.3 is 0 Å². The molecule has 27 heavy (non-hydrogen) atoms. The van der Waals surface area contributed by atoms with Crippen molar-refractivity contribution in [2.75, 3.05) is 13.7 Å². The molecule has 5 nitrogen and oxygen atoms in total. The zero-order valence-corrected chi connectivity index (χ0v) is 16.6. The van der Waals surface area contributed by atoms with Gasteiger partial charge in [0.1, 0.15) is 0 Å². The summed E-state index contributed by atoms with van der Waals surface area (Å²) in [7, 11) is 1.61. The molecule has 0 heterocycles. The summed E-state index contributed by atoms with van der Waals surface area (Å²) in [6.07, 6.45) is 2.01. The zero-order valence-electron chi connectivity index (χ0n) is 15.8. The number of hydrogen-bond acceptors (Lipinski definition) is 4. The van der Waals surface area contributed by atoms with E-state index in [1.165, 1.54) is 0 Å². The Bertz CT molecular complexity index is 750. The summed E-state index contributed by atoms with van der Waals surface area (Å²) in [5, 5.41) is 6.08. The number of methoxy groups -OCH3 is 1. The lowest BCUT2D eigenvalue weighted by Gasteiger charge is -2.13. The van der Waals surface area contributed by atoms with Crippen molar-refractivity contribution in [1.82, 2.24) is 10.6 Å². The van der Waals surface area contributed by atoms with Crippen molar-refractivity contribution in [1.29, 1.82) is 0 Å². The van der Waals surface area contributed by atoms with E-state index in [1.54, 1.807) is 7.11 Å². The highest BCUT2D eigenvalue weighted by atomic mass is 32.1. The predicted molar refractivity (Wildman–Crippen MR) is 111 cm³/mol. The molecule has 0 aromatic heterocycles. The van der Waals surface area contributed by atoms with Crippen LogP contribution in [0.5, 0.6) is 11.5 Å². The Kier molecular flexibility index (Phi) is 8.58. The van der Waals surface area contributed by atoms with Crippen molar-refractivity contribution in [3.63, 3.8) is 0 Å². The highest BCUT2D eigenvalue weighted by molar-refractivity contribution is 7.80. The maximum absolute atomic E-state index is 12.0. The van der Waals surface area contributed by atoms with Gasteiger partial charge in [-0.2, -0.15) is 0 Å². The fourth-order valence-corrected chi connectivity index (χ4v) is 2.66. The molecule has 0 radical (unpaired) electrons.